The standard InChI is InChI=1S/C11H20O4/c1-12-6-7-13-10-2-4-11(5-3-10)14-8-9-15-11/h10H,2-9H2,1H3/i2D2,4D2,8D2,9D2,10D. The van der Waals surface area contributed by atoms with Gasteiger partial charge in [0.05, 0.1) is 39.3 Å². The quantitative estimate of drug-likeness (QED) is 0.677. The first-order chi connectivity index (χ1) is 10.7. The topological polar surface area (TPSA) is 36.9 Å². The van der Waals surface area contributed by atoms with E-state index in [2.05, 4.69) is 0 Å². The van der Waals surface area contributed by atoms with Crippen molar-refractivity contribution in [2.24, 2.45) is 0 Å². The Morgan fingerprint density at radius 2 is 2.27 bits per heavy atom. The Morgan fingerprint density at radius 3 is 3.00 bits per heavy atom. The summed E-state index contributed by atoms with van der Waals surface area (Å²) in [6.45, 7) is -5.97. The van der Waals surface area contributed by atoms with Crippen molar-refractivity contribution >= 4 is 0 Å². The first-order valence-corrected chi connectivity index (χ1v) is 4.71. The van der Waals surface area contributed by atoms with Crippen LogP contribution in [0.1, 0.15) is 37.9 Å². The van der Waals surface area contributed by atoms with Crippen LogP contribution in [0, 0.1) is 0 Å². The molecule has 1 saturated carbocycles. The van der Waals surface area contributed by atoms with Crippen LogP contribution >= 0.6 is 0 Å². The molecule has 0 amide bonds. The number of rotatable bonds is 4. The van der Waals surface area contributed by atoms with Crippen molar-refractivity contribution in [3.63, 3.8) is 0 Å². The van der Waals surface area contributed by atoms with Gasteiger partial charge in [-0.2, -0.15) is 0 Å². The van der Waals surface area contributed by atoms with Gasteiger partial charge in [0, 0.05) is 25.4 Å². The fraction of sp³-hybridized carbons (Fsp3) is 1.00. The molecule has 15 heavy (non-hydrogen) atoms. The van der Waals surface area contributed by atoms with Crippen molar-refractivity contribution < 1.29 is 31.3 Å². The Hall–Kier alpha value is -0.160. The molecule has 0 radical (unpaired) electrons. The molecule has 1 spiro atoms. The number of hydrogen-bond donors (Lipinski definition) is 0. The van der Waals surface area contributed by atoms with Crippen molar-refractivity contribution in [2.75, 3.05) is 33.4 Å². The average molecular weight is 225 g/mol. The predicted octanol–water partition coefficient (Wildman–Crippen LogP) is 1.34. The molecule has 1 unspecified atom stereocenters. The fourth-order valence-electron chi connectivity index (χ4n) is 1.30. The Morgan fingerprint density at radius 1 is 1.47 bits per heavy atom. The van der Waals surface area contributed by atoms with Crippen LogP contribution in [0.15, 0.2) is 0 Å². The summed E-state index contributed by atoms with van der Waals surface area (Å²) in [5.41, 5.74) is 0. The minimum Gasteiger partial charge on any atom is -0.382 e. The minimum absolute atomic E-state index is 0.0863. The molecule has 2 fully saturated rings. The van der Waals surface area contributed by atoms with Crippen LogP contribution in [0.25, 0.3) is 0 Å². The summed E-state index contributed by atoms with van der Waals surface area (Å²) < 4.78 is 90.7. The van der Waals surface area contributed by atoms with Gasteiger partial charge in [-0.25, -0.2) is 0 Å². The highest BCUT2D eigenvalue weighted by Gasteiger charge is 2.40. The second-order valence-corrected chi connectivity index (χ2v) is 3.18. The summed E-state index contributed by atoms with van der Waals surface area (Å²) in [6, 6.07) is 0. The summed E-state index contributed by atoms with van der Waals surface area (Å²) in [5, 5.41) is 0. The average Bonchev–Trinajstić information content (AvgIpc) is 2.61. The van der Waals surface area contributed by atoms with Crippen molar-refractivity contribution in [1.29, 1.82) is 0 Å². The lowest BCUT2D eigenvalue weighted by Gasteiger charge is -2.35. The van der Waals surface area contributed by atoms with E-state index in [1.807, 2.05) is 0 Å². The molecule has 0 aromatic heterocycles. The zero-order valence-corrected chi connectivity index (χ0v) is 8.46. The maximum atomic E-state index is 8.21. The van der Waals surface area contributed by atoms with Crippen molar-refractivity contribution in [1.82, 2.24) is 0 Å². The highest BCUT2D eigenvalue weighted by atomic mass is 16.7. The van der Waals surface area contributed by atoms with Gasteiger partial charge >= 0.3 is 0 Å². The fourth-order valence-corrected chi connectivity index (χ4v) is 1.30. The predicted molar refractivity (Wildman–Crippen MR) is 54.7 cm³/mol. The molecule has 1 aliphatic carbocycles. The van der Waals surface area contributed by atoms with E-state index in [1.54, 1.807) is 0 Å². The normalized spacial score (nSPS) is 57.0. The maximum absolute atomic E-state index is 8.21. The molecule has 1 saturated heterocycles. The van der Waals surface area contributed by atoms with Gasteiger partial charge < -0.3 is 18.9 Å². The van der Waals surface area contributed by atoms with Gasteiger partial charge in [0.2, 0.25) is 0 Å². The molecule has 0 bridgehead atoms. The summed E-state index contributed by atoms with van der Waals surface area (Å²) in [4.78, 5) is 0. The first kappa shape index (κ1) is 4.61. The number of methoxy groups -OCH3 is 1. The lowest BCUT2D eigenvalue weighted by molar-refractivity contribution is -0.192. The van der Waals surface area contributed by atoms with Crippen molar-refractivity contribution in [2.45, 2.75) is 37.5 Å². The zero-order valence-electron chi connectivity index (χ0n) is 17.5. The SMILES string of the molecule is [2H]C1([2H])OC2(CCC([2H])(OCCOC)C([2H])([2H])C2([2H])[2H])OC1([2H])[2H]. The van der Waals surface area contributed by atoms with E-state index in [4.69, 9.17) is 31.3 Å². The third-order valence-electron chi connectivity index (χ3n) is 2.11. The monoisotopic (exact) mass is 225 g/mol. The van der Waals surface area contributed by atoms with Gasteiger partial charge in [0.25, 0.3) is 0 Å². The molecule has 0 N–H and O–H groups in total. The number of ether oxygens (including phenoxy) is 4. The molecule has 2 aliphatic rings. The Labute approximate surface area is 103 Å². The largest absolute Gasteiger partial charge is 0.382 e. The van der Waals surface area contributed by atoms with Gasteiger partial charge in [-0.15, -0.1) is 0 Å². The third-order valence-corrected chi connectivity index (χ3v) is 2.11. The molecule has 4 nitrogen and oxygen atoms in total. The van der Waals surface area contributed by atoms with Crippen LogP contribution in [-0.2, 0) is 18.9 Å². The van der Waals surface area contributed by atoms with E-state index in [-0.39, 0.29) is 19.6 Å². The Balaban J connectivity index is 2.37. The zero-order chi connectivity index (χ0) is 18.7. The second-order valence-electron chi connectivity index (χ2n) is 3.18. The lowest BCUT2D eigenvalue weighted by atomic mass is 9.92. The molecule has 1 atom stereocenters. The van der Waals surface area contributed by atoms with E-state index < -0.39 is 44.2 Å². The van der Waals surface area contributed by atoms with E-state index in [0.29, 0.717) is 0 Å². The molecule has 1 aliphatic heterocycles. The molecule has 88 valence electrons. The van der Waals surface area contributed by atoms with Gasteiger partial charge in [-0.3, -0.25) is 0 Å². The highest BCUT2D eigenvalue weighted by Crippen LogP contribution is 2.36. The second kappa shape index (κ2) is 5.25. The Kier molecular flexibility index (Phi) is 1.61. The van der Waals surface area contributed by atoms with Crippen LogP contribution in [0.2, 0.25) is 0 Å². The van der Waals surface area contributed by atoms with Crippen molar-refractivity contribution in [3.05, 3.63) is 0 Å². The smallest absolute Gasteiger partial charge is 0.168 e. The summed E-state index contributed by atoms with van der Waals surface area (Å²) in [5.74, 6) is -2.50. The molecule has 1 heterocycles. The summed E-state index contributed by atoms with van der Waals surface area (Å²) in [7, 11) is 1.40. The molecule has 2 rings (SSSR count). The molecule has 0 aromatic carbocycles. The van der Waals surface area contributed by atoms with Crippen LogP contribution in [0.4, 0.5) is 0 Å². The van der Waals surface area contributed by atoms with Crippen LogP contribution in [0.5, 0.6) is 0 Å². The maximum Gasteiger partial charge on any atom is 0.168 e. The first-order valence-electron chi connectivity index (χ1n) is 9.21. The van der Waals surface area contributed by atoms with Gasteiger partial charge in [0.1, 0.15) is 0 Å². The van der Waals surface area contributed by atoms with E-state index >= 15 is 0 Å². The minimum atomic E-state index is -3.05. The van der Waals surface area contributed by atoms with E-state index in [9.17, 15) is 0 Å². The van der Waals surface area contributed by atoms with Gasteiger partial charge in [-0.05, 0) is 12.8 Å². The van der Waals surface area contributed by atoms with E-state index in [0.717, 1.165) is 0 Å². The summed E-state index contributed by atoms with van der Waals surface area (Å²) >= 11 is 0. The number of hydrogen-bond acceptors (Lipinski definition) is 4. The van der Waals surface area contributed by atoms with Crippen molar-refractivity contribution in [3.8, 4) is 0 Å². The lowest BCUT2D eigenvalue weighted by Crippen LogP contribution is -2.37. The molecular formula is C11H20O4. The molecular weight excluding hydrogens is 196 g/mol. The Bertz CT molecular complexity index is 482. The third kappa shape index (κ3) is 2.91. The van der Waals surface area contributed by atoms with Crippen LogP contribution in [-0.4, -0.2) is 45.3 Å². The van der Waals surface area contributed by atoms with Crippen LogP contribution in [0.3, 0.4) is 0 Å². The molecule has 0 aromatic rings. The summed E-state index contributed by atoms with van der Waals surface area (Å²) in [6.07, 6.45) is -9.13. The highest BCUT2D eigenvalue weighted by molar-refractivity contribution is 4.82. The van der Waals surface area contributed by atoms with Gasteiger partial charge in [0.15, 0.2) is 5.79 Å². The van der Waals surface area contributed by atoms with Crippen LogP contribution < -0.4 is 0 Å². The van der Waals surface area contributed by atoms with E-state index in [1.165, 1.54) is 7.11 Å². The molecule has 4 heteroatoms. The van der Waals surface area contributed by atoms with Gasteiger partial charge in [-0.1, -0.05) is 0 Å².